The lowest BCUT2D eigenvalue weighted by atomic mass is 10.8. The van der Waals surface area contributed by atoms with Crippen molar-refractivity contribution in [2.24, 2.45) is 5.29 Å². The monoisotopic (exact) mass is 129 g/mol. The molecule has 0 aromatic carbocycles. The van der Waals surface area contributed by atoms with Gasteiger partial charge in [0.15, 0.2) is 5.82 Å². The highest BCUT2D eigenvalue weighted by Gasteiger charge is 1.86. The Morgan fingerprint density at radius 3 is 3.25 bits per heavy atom. The van der Waals surface area contributed by atoms with E-state index in [0.717, 1.165) is 0 Å². The number of hydrogen-bond donors (Lipinski definition) is 1. The Kier molecular flexibility index (Phi) is 1.53. The molecule has 0 unspecified atom stereocenters. The summed E-state index contributed by atoms with van der Waals surface area (Å²) < 4.78 is 0. The van der Waals surface area contributed by atoms with Crippen LogP contribution < -0.4 is 5.43 Å². The Bertz CT molecular complexity index is 161. The molecule has 0 bridgehead atoms. The van der Waals surface area contributed by atoms with Crippen molar-refractivity contribution in [3.63, 3.8) is 0 Å². The average Bonchev–Trinajstić information content (AvgIpc) is 2.19. The number of thiazole rings is 1. The molecule has 1 aromatic heterocycles. The molecular formula is C3H3N3OS. The van der Waals surface area contributed by atoms with Gasteiger partial charge in [-0.3, -0.25) is 0 Å². The van der Waals surface area contributed by atoms with Crippen LogP contribution in [0.3, 0.4) is 0 Å². The summed E-state index contributed by atoms with van der Waals surface area (Å²) in [6.07, 6.45) is 0. The molecule has 0 saturated carbocycles. The van der Waals surface area contributed by atoms with E-state index in [4.69, 9.17) is 0 Å². The summed E-state index contributed by atoms with van der Waals surface area (Å²) in [5, 5.41) is 4.12. The fourth-order valence-electron chi connectivity index (χ4n) is 0.315. The Labute approximate surface area is 49.5 Å². The maximum absolute atomic E-state index is 9.48. The van der Waals surface area contributed by atoms with Crippen LogP contribution in [0.5, 0.6) is 0 Å². The maximum Gasteiger partial charge on any atom is 0.159 e. The molecule has 0 aliphatic rings. The van der Waals surface area contributed by atoms with Gasteiger partial charge in [0.05, 0.1) is 10.8 Å². The topological polar surface area (TPSA) is 54.4 Å². The number of nitrogens with zero attached hydrogens (tertiary/aromatic N) is 2. The van der Waals surface area contributed by atoms with Gasteiger partial charge in [0.2, 0.25) is 0 Å². The van der Waals surface area contributed by atoms with Crippen LogP contribution in [0.4, 0.5) is 5.82 Å². The SMILES string of the molecule is O=NNc1cscn1. The summed E-state index contributed by atoms with van der Waals surface area (Å²) in [5.41, 5.74) is 3.77. The summed E-state index contributed by atoms with van der Waals surface area (Å²) >= 11 is 1.41. The molecule has 1 aromatic rings. The second-order valence-corrected chi connectivity index (χ2v) is 1.80. The van der Waals surface area contributed by atoms with Gasteiger partial charge in [-0.05, 0) is 0 Å². The van der Waals surface area contributed by atoms with Crippen LogP contribution in [0.1, 0.15) is 0 Å². The number of nitroso groups, excluding NO2 is 1. The summed E-state index contributed by atoms with van der Waals surface area (Å²) in [6, 6.07) is 0. The molecule has 1 heterocycles. The minimum Gasteiger partial charge on any atom is -0.226 e. The van der Waals surface area contributed by atoms with Gasteiger partial charge < -0.3 is 0 Å². The van der Waals surface area contributed by atoms with Crippen LogP contribution in [0.2, 0.25) is 0 Å². The Morgan fingerprint density at radius 2 is 2.75 bits per heavy atom. The first-order chi connectivity index (χ1) is 3.93. The van der Waals surface area contributed by atoms with Gasteiger partial charge in [-0.1, -0.05) is 0 Å². The van der Waals surface area contributed by atoms with Crippen LogP contribution in [0.25, 0.3) is 0 Å². The Morgan fingerprint density at radius 1 is 1.88 bits per heavy atom. The molecule has 0 fully saturated rings. The molecule has 0 spiro atoms. The summed E-state index contributed by atoms with van der Waals surface area (Å²) in [4.78, 5) is 13.2. The third-order valence-electron chi connectivity index (χ3n) is 0.593. The number of anilines is 1. The van der Waals surface area contributed by atoms with Gasteiger partial charge in [0.25, 0.3) is 0 Å². The quantitative estimate of drug-likeness (QED) is 0.482. The summed E-state index contributed by atoms with van der Waals surface area (Å²) in [7, 11) is 0. The zero-order valence-electron chi connectivity index (χ0n) is 3.87. The first kappa shape index (κ1) is 5.17. The number of rotatable bonds is 2. The van der Waals surface area contributed by atoms with Crippen molar-refractivity contribution in [3.05, 3.63) is 15.8 Å². The molecule has 5 heteroatoms. The maximum atomic E-state index is 9.48. The second-order valence-electron chi connectivity index (χ2n) is 1.08. The molecule has 0 radical (unpaired) electrons. The van der Waals surface area contributed by atoms with E-state index < -0.39 is 0 Å². The third kappa shape index (κ3) is 1.00. The van der Waals surface area contributed by atoms with E-state index >= 15 is 0 Å². The fourth-order valence-corrected chi connectivity index (χ4v) is 0.792. The molecule has 0 aliphatic heterocycles. The van der Waals surface area contributed by atoms with Crippen molar-refractivity contribution in [3.8, 4) is 0 Å². The lowest BCUT2D eigenvalue weighted by molar-refractivity contribution is 1.25. The number of aromatic nitrogens is 1. The van der Waals surface area contributed by atoms with Gasteiger partial charge >= 0.3 is 0 Å². The van der Waals surface area contributed by atoms with Crippen LogP contribution >= 0.6 is 11.3 Å². The normalized spacial score (nSPS) is 8.50. The van der Waals surface area contributed by atoms with E-state index in [1.807, 2.05) is 0 Å². The minimum absolute atomic E-state index is 0.505. The highest BCUT2D eigenvalue weighted by molar-refractivity contribution is 7.07. The van der Waals surface area contributed by atoms with Gasteiger partial charge in [-0.2, -0.15) is 0 Å². The summed E-state index contributed by atoms with van der Waals surface area (Å²) in [5.74, 6) is 0.505. The second kappa shape index (κ2) is 2.37. The van der Waals surface area contributed by atoms with Gasteiger partial charge in [0.1, 0.15) is 0 Å². The van der Waals surface area contributed by atoms with Crippen LogP contribution in [0, 0.1) is 4.91 Å². The largest absolute Gasteiger partial charge is 0.226 e. The highest BCUT2D eigenvalue weighted by atomic mass is 32.1. The van der Waals surface area contributed by atoms with E-state index in [0.29, 0.717) is 5.82 Å². The van der Waals surface area contributed by atoms with Crippen LogP contribution in [-0.4, -0.2) is 4.98 Å². The van der Waals surface area contributed by atoms with E-state index in [2.05, 4.69) is 15.7 Å². The van der Waals surface area contributed by atoms with Crippen molar-refractivity contribution in [2.45, 2.75) is 0 Å². The number of nitrogens with one attached hydrogen (secondary N) is 1. The van der Waals surface area contributed by atoms with Crippen molar-refractivity contribution in [1.29, 1.82) is 0 Å². The lowest BCUT2D eigenvalue weighted by Gasteiger charge is -1.81. The molecule has 0 saturated heterocycles. The average molecular weight is 129 g/mol. The molecule has 0 amide bonds. The smallest absolute Gasteiger partial charge is 0.159 e. The predicted octanol–water partition coefficient (Wildman–Crippen LogP) is 1.24. The van der Waals surface area contributed by atoms with Crippen molar-refractivity contribution in [2.75, 3.05) is 5.43 Å². The fraction of sp³-hybridized carbons (Fsp3) is 0. The summed E-state index contributed by atoms with van der Waals surface area (Å²) in [6.45, 7) is 0. The van der Waals surface area contributed by atoms with Crippen molar-refractivity contribution >= 4 is 17.2 Å². The van der Waals surface area contributed by atoms with E-state index in [1.165, 1.54) is 11.3 Å². The number of hydrogen-bond acceptors (Lipinski definition) is 4. The molecule has 42 valence electrons. The van der Waals surface area contributed by atoms with Gasteiger partial charge in [-0.25, -0.2) is 10.4 Å². The lowest BCUT2D eigenvalue weighted by Crippen LogP contribution is -1.82. The third-order valence-corrected chi connectivity index (χ3v) is 1.18. The molecule has 0 aliphatic carbocycles. The van der Waals surface area contributed by atoms with E-state index in [1.54, 1.807) is 10.9 Å². The standard InChI is InChI=1S/C3H3N3OS/c7-6-5-3-1-8-2-4-3/h1-2H,(H,5,7). The first-order valence-electron chi connectivity index (χ1n) is 1.90. The highest BCUT2D eigenvalue weighted by Crippen LogP contribution is 2.05. The molecular weight excluding hydrogens is 126 g/mol. The van der Waals surface area contributed by atoms with E-state index in [-0.39, 0.29) is 0 Å². The molecule has 1 N–H and O–H groups in total. The van der Waals surface area contributed by atoms with Gasteiger partial charge in [-0.15, -0.1) is 16.2 Å². The van der Waals surface area contributed by atoms with E-state index in [9.17, 15) is 4.91 Å². The minimum atomic E-state index is 0.505. The Balaban J connectivity index is 2.62. The zero-order chi connectivity index (χ0) is 5.82. The zero-order valence-corrected chi connectivity index (χ0v) is 4.68. The molecule has 0 atom stereocenters. The van der Waals surface area contributed by atoms with Gasteiger partial charge in [0, 0.05) is 5.38 Å². The van der Waals surface area contributed by atoms with Crippen molar-refractivity contribution < 1.29 is 0 Å². The Hall–Kier alpha value is -0.970. The molecule has 4 nitrogen and oxygen atoms in total. The van der Waals surface area contributed by atoms with Crippen LogP contribution in [0.15, 0.2) is 16.2 Å². The molecule has 1 rings (SSSR count). The van der Waals surface area contributed by atoms with Crippen LogP contribution in [-0.2, 0) is 0 Å². The predicted molar refractivity (Wildman–Crippen MR) is 31.5 cm³/mol. The molecule has 8 heavy (non-hydrogen) atoms. The van der Waals surface area contributed by atoms with Crippen molar-refractivity contribution in [1.82, 2.24) is 4.98 Å². The first-order valence-corrected chi connectivity index (χ1v) is 2.84.